The standard InChI is InChI=1S/C11H15N3O2/c1-11(2,16)7-14-9-8(5-4-6-12-9)13(3)10(14)15/h4-6,16H,7H2,1-3H3. The molecule has 0 radical (unpaired) electrons. The topological polar surface area (TPSA) is 60.0 Å². The van der Waals surface area contributed by atoms with Crippen LogP contribution in [0.15, 0.2) is 23.1 Å². The maximum absolute atomic E-state index is 11.9. The quantitative estimate of drug-likeness (QED) is 0.803. The fraction of sp³-hybridized carbons (Fsp3) is 0.455. The Labute approximate surface area is 93.0 Å². The van der Waals surface area contributed by atoms with Crippen LogP contribution in [0.5, 0.6) is 0 Å². The predicted molar refractivity (Wildman–Crippen MR) is 61.3 cm³/mol. The highest BCUT2D eigenvalue weighted by Crippen LogP contribution is 2.12. The van der Waals surface area contributed by atoms with Gasteiger partial charge in [-0.15, -0.1) is 0 Å². The minimum atomic E-state index is -0.935. The van der Waals surface area contributed by atoms with Crippen LogP contribution < -0.4 is 5.69 Å². The molecule has 0 aliphatic rings. The molecule has 0 aliphatic carbocycles. The minimum Gasteiger partial charge on any atom is -0.389 e. The Hall–Kier alpha value is -1.62. The van der Waals surface area contributed by atoms with E-state index in [1.54, 1.807) is 33.2 Å². The van der Waals surface area contributed by atoms with Crippen molar-refractivity contribution in [2.75, 3.05) is 0 Å². The molecule has 86 valence electrons. The monoisotopic (exact) mass is 221 g/mol. The molecular weight excluding hydrogens is 206 g/mol. The van der Waals surface area contributed by atoms with E-state index in [9.17, 15) is 9.90 Å². The van der Waals surface area contributed by atoms with Crippen LogP contribution in [0, 0.1) is 0 Å². The van der Waals surface area contributed by atoms with Gasteiger partial charge in [-0.05, 0) is 26.0 Å². The van der Waals surface area contributed by atoms with E-state index in [1.807, 2.05) is 6.07 Å². The summed E-state index contributed by atoms with van der Waals surface area (Å²) in [5, 5.41) is 9.77. The third kappa shape index (κ3) is 1.74. The second kappa shape index (κ2) is 3.45. The van der Waals surface area contributed by atoms with Gasteiger partial charge in [0.15, 0.2) is 5.65 Å². The van der Waals surface area contributed by atoms with Gasteiger partial charge in [-0.25, -0.2) is 9.78 Å². The molecule has 2 aromatic rings. The lowest BCUT2D eigenvalue weighted by Crippen LogP contribution is -2.33. The Morgan fingerprint density at radius 2 is 2.19 bits per heavy atom. The van der Waals surface area contributed by atoms with Gasteiger partial charge in [0.2, 0.25) is 0 Å². The summed E-state index contributed by atoms with van der Waals surface area (Å²) in [5.74, 6) is 0. The second-order valence-electron chi connectivity index (χ2n) is 4.59. The highest BCUT2D eigenvalue weighted by atomic mass is 16.3. The predicted octanol–water partition coefficient (Wildman–Crippen LogP) is 0.506. The van der Waals surface area contributed by atoms with Crippen molar-refractivity contribution in [2.24, 2.45) is 7.05 Å². The van der Waals surface area contributed by atoms with E-state index in [0.29, 0.717) is 5.65 Å². The normalized spacial score (nSPS) is 12.2. The van der Waals surface area contributed by atoms with Crippen LogP contribution in [0.2, 0.25) is 0 Å². The SMILES string of the molecule is Cn1c(=O)n(CC(C)(C)O)c2ncccc21. The molecule has 0 bridgehead atoms. The van der Waals surface area contributed by atoms with Gasteiger partial charge >= 0.3 is 5.69 Å². The molecule has 0 spiro atoms. The molecule has 1 N–H and O–H groups in total. The fourth-order valence-electron chi connectivity index (χ4n) is 1.76. The van der Waals surface area contributed by atoms with Crippen molar-refractivity contribution in [2.45, 2.75) is 26.0 Å². The molecule has 0 saturated heterocycles. The summed E-state index contributed by atoms with van der Waals surface area (Å²) in [6, 6.07) is 3.63. The first-order valence-corrected chi connectivity index (χ1v) is 5.13. The van der Waals surface area contributed by atoms with E-state index in [1.165, 1.54) is 9.13 Å². The van der Waals surface area contributed by atoms with Crippen molar-refractivity contribution < 1.29 is 5.11 Å². The van der Waals surface area contributed by atoms with Gasteiger partial charge in [0.05, 0.1) is 17.7 Å². The number of aryl methyl sites for hydroxylation is 1. The van der Waals surface area contributed by atoms with Crippen LogP contribution >= 0.6 is 0 Å². The van der Waals surface area contributed by atoms with Crippen molar-refractivity contribution in [3.63, 3.8) is 0 Å². The van der Waals surface area contributed by atoms with E-state index in [2.05, 4.69) is 4.98 Å². The van der Waals surface area contributed by atoms with Crippen molar-refractivity contribution in [3.8, 4) is 0 Å². The second-order valence-corrected chi connectivity index (χ2v) is 4.59. The van der Waals surface area contributed by atoms with Gasteiger partial charge in [-0.1, -0.05) is 0 Å². The van der Waals surface area contributed by atoms with E-state index in [0.717, 1.165) is 5.52 Å². The summed E-state index contributed by atoms with van der Waals surface area (Å²) in [6.07, 6.45) is 1.64. The number of nitrogens with zero attached hydrogens (tertiary/aromatic N) is 3. The number of imidazole rings is 1. The van der Waals surface area contributed by atoms with Crippen LogP contribution in [0.25, 0.3) is 11.2 Å². The van der Waals surface area contributed by atoms with Crippen LogP contribution in [0.3, 0.4) is 0 Å². The summed E-state index contributed by atoms with van der Waals surface area (Å²) in [7, 11) is 1.70. The molecule has 0 fully saturated rings. The molecule has 2 heterocycles. The molecule has 5 heteroatoms. The summed E-state index contributed by atoms with van der Waals surface area (Å²) in [4.78, 5) is 16.1. The zero-order valence-electron chi connectivity index (χ0n) is 9.64. The number of pyridine rings is 1. The lowest BCUT2D eigenvalue weighted by atomic mass is 10.1. The van der Waals surface area contributed by atoms with Crippen molar-refractivity contribution in [1.29, 1.82) is 0 Å². The number of fused-ring (bicyclic) bond motifs is 1. The molecule has 0 aliphatic heterocycles. The summed E-state index contributed by atoms with van der Waals surface area (Å²) in [5.41, 5.74) is 0.292. The molecule has 16 heavy (non-hydrogen) atoms. The molecule has 2 aromatic heterocycles. The van der Waals surface area contributed by atoms with Gasteiger partial charge in [0.1, 0.15) is 0 Å². The Kier molecular flexibility index (Phi) is 2.35. The van der Waals surface area contributed by atoms with Crippen LogP contribution in [-0.2, 0) is 13.6 Å². The van der Waals surface area contributed by atoms with E-state index < -0.39 is 5.60 Å². The lowest BCUT2D eigenvalue weighted by Gasteiger charge is -2.16. The molecule has 5 nitrogen and oxygen atoms in total. The van der Waals surface area contributed by atoms with Crippen LogP contribution in [0.1, 0.15) is 13.8 Å². The molecule has 2 rings (SSSR count). The third-order valence-electron chi connectivity index (χ3n) is 2.45. The number of aliphatic hydroxyl groups is 1. The Morgan fingerprint density at radius 1 is 1.50 bits per heavy atom. The van der Waals surface area contributed by atoms with E-state index in [-0.39, 0.29) is 12.2 Å². The zero-order chi connectivity index (χ0) is 11.9. The van der Waals surface area contributed by atoms with Crippen molar-refractivity contribution in [1.82, 2.24) is 14.1 Å². The third-order valence-corrected chi connectivity index (χ3v) is 2.45. The summed E-state index contributed by atoms with van der Waals surface area (Å²) >= 11 is 0. The first kappa shape index (κ1) is 10.9. The summed E-state index contributed by atoms with van der Waals surface area (Å²) < 4.78 is 3.03. The molecule has 0 amide bonds. The van der Waals surface area contributed by atoms with Gasteiger partial charge < -0.3 is 5.11 Å². The Balaban J connectivity index is 2.70. The molecule has 0 saturated carbocycles. The highest BCUT2D eigenvalue weighted by molar-refractivity contribution is 5.71. The average Bonchev–Trinajstić information content (AvgIpc) is 2.43. The minimum absolute atomic E-state index is 0.157. The Morgan fingerprint density at radius 3 is 2.81 bits per heavy atom. The first-order valence-electron chi connectivity index (χ1n) is 5.13. The zero-order valence-corrected chi connectivity index (χ0v) is 9.64. The van der Waals surface area contributed by atoms with Crippen molar-refractivity contribution in [3.05, 3.63) is 28.8 Å². The van der Waals surface area contributed by atoms with Gasteiger partial charge in [0.25, 0.3) is 0 Å². The maximum atomic E-state index is 11.9. The van der Waals surface area contributed by atoms with Gasteiger partial charge in [0, 0.05) is 13.2 Å². The van der Waals surface area contributed by atoms with E-state index in [4.69, 9.17) is 0 Å². The average molecular weight is 221 g/mol. The summed E-state index contributed by atoms with van der Waals surface area (Å²) in [6.45, 7) is 3.57. The lowest BCUT2D eigenvalue weighted by molar-refractivity contribution is 0.0614. The van der Waals surface area contributed by atoms with E-state index >= 15 is 0 Å². The number of rotatable bonds is 2. The number of aromatic nitrogens is 3. The first-order chi connectivity index (χ1) is 7.40. The van der Waals surface area contributed by atoms with Gasteiger partial charge in [-0.3, -0.25) is 9.13 Å². The largest absolute Gasteiger partial charge is 0.389 e. The number of hydrogen-bond donors (Lipinski definition) is 1. The van der Waals surface area contributed by atoms with Gasteiger partial charge in [-0.2, -0.15) is 0 Å². The number of hydrogen-bond acceptors (Lipinski definition) is 3. The molecule has 0 unspecified atom stereocenters. The maximum Gasteiger partial charge on any atom is 0.330 e. The molecule has 0 aromatic carbocycles. The molecule has 0 atom stereocenters. The fourth-order valence-corrected chi connectivity index (χ4v) is 1.76. The van der Waals surface area contributed by atoms with Crippen LogP contribution in [0.4, 0.5) is 0 Å². The molecular formula is C11H15N3O2. The Bertz CT molecular complexity index is 575. The highest BCUT2D eigenvalue weighted by Gasteiger charge is 2.19. The smallest absolute Gasteiger partial charge is 0.330 e. The van der Waals surface area contributed by atoms with Crippen LogP contribution in [-0.4, -0.2) is 24.8 Å². The van der Waals surface area contributed by atoms with Crippen molar-refractivity contribution >= 4 is 11.2 Å².